The predicted octanol–water partition coefficient (Wildman–Crippen LogP) is 3.21. The van der Waals surface area contributed by atoms with Crippen LogP contribution in [-0.2, 0) is 6.42 Å². The van der Waals surface area contributed by atoms with Gasteiger partial charge in [-0.05, 0) is 55.9 Å². The van der Waals surface area contributed by atoms with Gasteiger partial charge in [0.25, 0.3) is 0 Å². The molecule has 0 aliphatic heterocycles. The first kappa shape index (κ1) is 15.3. The van der Waals surface area contributed by atoms with Crippen molar-refractivity contribution < 1.29 is 9.84 Å². The summed E-state index contributed by atoms with van der Waals surface area (Å²) in [5.74, 6) is 0.933. The smallest absolute Gasteiger partial charge is 0.119 e. The van der Waals surface area contributed by atoms with Crippen molar-refractivity contribution in [2.75, 3.05) is 13.7 Å². The molecule has 0 saturated carbocycles. The molecular weight excluding hydrogens is 250 g/mol. The molecule has 0 spiro atoms. The Morgan fingerprint density at radius 1 is 1.45 bits per heavy atom. The first-order valence-corrected chi connectivity index (χ1v) is 7.68. The number of hydrogen-bond donors (Lipinski definition) is 2. The third-order valence-corrected chi connectivity index (χ3v) is 4.18. The van der Waals surface area contributed by atoms with Crippen LogP contribution in [0.25, 0.3) is 0 Å². The van der Waals surface area contributed by atoms with Crippen LogP contribution in [0.4, 0.5) is 0 Å². The molecular formula is C17H27NO2. The zero-order valence-electron chi connectivity index (χ0n) is 12.9. The van der Waals surface area contributed by atoms with E-state index in [1.807, 2.05) is 13.0 Å². The largest absolute Gasteiger partial charge is 0.497 e. The lowest BCUT2D eigenvalue weighted by molar-refractivity contribution is 0.0465. The summed E-state index contributed by atoms with van der Waals surface area (Å²) in [5.41, 5.74) is 2.13. The van der Waals surface area contributed by atoms with Gasteiger partial charge in [-0.1, -0.05) is 19.4 Å². The lowest BCUT2D eigenvalue weighted by Crippen LogP contribution is -2.40. The number of benzene rings is 1. The molecule has 0 fully saturated rings. The van der Waals surface area contributed by atoms with Crippen molar-refractivity contribution in [3.63, 3.8) is 0 Å². The fraction of sp³-hybridized carbons (Fsp3) is 0.647. The van der Waals surface area contributed by atoms with Crippen LogP contribution >= 0.6 is 0 Å². The first-order chi connectivity index (χ1) is 9.55. The number of ether oxygens (including phenoxy) is 1. The van der Waals surface area contributed by atoms with Crippen LogP contribution in [0.1, 0.15) is 56.7 Å². The molecule has 1 aliphatic rings. The topological polar surface area (TPSA) is 41.5 Å². The van der Waals surface area contributed by atoms with Crippen LogP contribution in [-0.4, -0.2) is 24.4 Å². The van der Waals surface area contributed by atoms with E-state index in [9.17, 15) is 5.11 Å². The third kappa shape index (κ3) is 3.74. The van der Waals surface area contributed by atoms with Crippen molar-refractivity contribution in [2.24, 2.45) is 0 Å². The summed E-state index contributed by atoms with van der Waals surface area (Å²) in [7, 11) is 1.71. The number of hydrogen-bond acceptors (Lipinski definition) is 3. The Balaban J connectivity index is 2.05. The second kappa shape index (κ2) is 6.59. The molecule has 2 unspecified atom stereocenters. The van der Waals surface area contributed by atoms with Gasteiger partial charge in [-0.3, -0.25) is 0 Å². The quantitative estimate of drug-likeness (QED) is 0.839. The molecule has 20 heavy (non-hydrogen) atoms. The van der Waals surface area contributed by atoms with Crippen LogP contribution < -0.4 is 10.1 Å². The maximum absolute atomic E-state index is 10.3. The van der Waals surface area contributed by atoms with Crippen LogP contribution in [0.15, 0.2) is 18.2 Å². The normalized spacial score (nSPS) is 21.1. The highest BCUT2D eigenvalue weighted by Crippen LogP contribution is 2.32. The van der Waals surface area contributed by atoms with Gasteiger partial charge in [0.05, 0.1) is 12.7 Å². The molecule has 2 N–H and O–H groups in total. The molecule has 1 aliphatic carbocycles. The zero-order valence-corrected chi connectivity index (χ0v) is 12.9. The minimum atomic E-state index is -0.612. The highest BCUT2D eigenvalue weighted by Gasteiger charge is 2.24. The molecule has 0 saturated heterocycles. The van der Waals surface area contributed by atoms with Gasteiger partial charge < -0.3 is 15.2 Å². The molecule has 112 valence electrons. The molecule has 2 atom stereocenters. The van der Waals surface area contributed by atoms with E-state index >= 15 is 0 Å². The first-order valence-electron chi connectivity index (χ1n) is 7.68. The highest BCUT2D eigenvalue weighted by molar-refractivity contribution is 5.39. The third-order valence-electron chi connectivity index (χ3n) is 4.18. The Morgan fingerprint density at radius 2 is 2.25 bits per heavy atom. The number of nitrogens with one attached hydrogen (secondary N) is 1. The minimum Gasteiger partial charge on any atom is -0.497 e. The summed E-state index contributed by atoms with van der Waals surface area (Å²) in [6.45, 7) is 4.68. The lowest BCUT2D eigenvalue weighted by Gasteiger charge is -2.31. The number of aliphatic hydroxyl groups is 1. The molecule has 0 radical (unpaired) electrons. The van der Waals surface area contributed by atoms with Crippen LogP contribution in [0.5, 0.6) is 5.75 Å². The molecule has 0 amide bonds. The van der Waals surface area contributed by atoms with Crippen molar-refractivity contribution in [3.05, 3.63) is 29.3 Å². The van der Waals surface area contributed by atoms with Crippen molar-refractivity contribution in [3.8, 4) is 5.75 Å². The summed E-state index contributed by atoms with van der Waals surface area (Å²) in [4.78, 5) is 0. The summed E-state index contributed by atoms with van der Waals surface area (Å²) in [6.07, 6.45) is 5.29. The van der Waals surface area contributed by atoms with Gasteiger partial charge in [0.2, 0.25) is 0 Å². The minimum absolute atomic E-state index is 0.355. The predicted molar refractivity (Wildman–Crippen MR) is 82.2 cm³/mol. The molecule has 3 heteroatoms. The lowest BCUT2D eigenvalue weighted by atomic mass is 9.87. The Kier molecular flexibility index (Phi) is 5.06. The Bertz CT molecular complexity index is 443. The number of fused-ring (bicyclic) bond motifs is 1. The summed E-state index contributed by atoms with van der Waals surface area (Å²) in [5, 5.41) is 13.8. The standard InChI is InChI=1S/C17H27NO2/c1-4-10-17(2,19)12-18-16-7-5-6-13-11-14(20-3)8-9-15(13)16/h8-9,11,16,18-19H,4-7,10,12H2,1-3H3. The van der Waals surface area contributed by atoms with Gasteiger partial charge in [-0.2, -0.15) is 0 Å². The molecule has 0 aromatic heterocycles. The van der Waals surface area contributed by atoms with Gasteiger partial charge in [-0.25, -0.2) is 0 Å². The zero-order chi connectivity index (χ0) is 14.6. The van der Waals surface area contributed by atoms with E-state index in [4.69, 9.17) is 4.74 Å². The second-order valence-corrected chi connectivity index (χ2v) is 6.14. The molecule has 2 rings (SSSR count). The van der Waals surface area contributed by atoms with Gasteiger partial charge in [0, 0.05) is 12.6 Å². The van der Waals surface area contributed by atoms with E-state index in [0.29, 0.717) is 12.6 Å². The van der Waals surface area contributed by atoms with Crippen LogP contribution in [0, 0.1) is 0 Å². The molecule has 1 aromatic rings. The number of aryl methyl sites for hydroxylation is 1. The van der Waals surface area contributed by atoms with Gasteiger partial charge in [0.1, 0.15) is 5.75 Å². The van der Waals surface area contributed by atoms with Crippen molar-refractivity contribution in [1.29, 1.82) is 0 Å². The summed E-state index contributed by atoms with van der Waals surface area (Å²) < 4.78 is 5.30. The van der Waals surface area contributed by atoms with Crippen LogP contribution in [0.3, 0.4) is 0 Å². The Morgan fingerprint density at radius 3 is 2.95 bits per heavy atom. The van der Waals surface area contributed by atoms with E-state index in [2.05, 4.69) is 24.4 Å². The van der Waals surface area contributed by atoms with Gasteiger partial charge in [0.15, 0.2) is 0 Å². The van der Waals surface area contributed by atoms with E-state index in [1.54, 1.807) is 7.11 Å². The van der Waals surface area contributed by atoms with E-state index < -0.39 is 5.60 Å². The van der Waals surface area contributed by atoms with Crippen molar-refractivity contribution in [1.82, 2.24) is 5.32 Å². The Hall–Kier alpha value is -1.06. The fourth-order valence-electron chi connectivity index (χ4n) is 3.10. The Labute approximate surface area is 122 Å². The average Bonchev–Trinajstić information content (AvgIpc) is 2.44. The maximum atomic E-state index is 10.3. The van der Waals surface area contributed by atoms with E-state index in [0.717, 1.165) is 31.4 Å². The van der Waals surface area contributed by atoms with Crippen molar-refractivity contribution >= 4 is 0 Å². The van der Waals surface area contributed by atoms with Crippen LogP contribution in [0.2, 0.25) is 0 Å². The average molecular weight is 277 g/mol. The maximum Gasteiger partial charge on any atom is 0.119 e. The molecule has 1 aromatic carbocycles. The van der Waals surface area contributed by atoms with E-state index in [-0.39, 0.29) is 0 Å². The molecule has 0 heterocycles. The molecule has 0 bridgehead atoms. The van der Waals surface area contributed by atoms with Gasteiger partial charge >= 0.3 is 0 Å². The van der Waals surface area contributed by atoms with Crippen molar-refractivity contribution in [2.45, 2.75) is 57.6 Å². The fourth-order valence-corrected chi connectivity index (χ4v) is 3.10. The second-order valence-electron chi connectivity index (χ2n) is 6.14. The summed E-state index contributed by atoms with van der Waals surface area (Å²) in [6, 6.07) is 6.70. The molecule has 3 nitrogen and oxygen atoms in total. The number of rotatable bonds is 6. The summed E-state index contributed by atoms with van der Waals surface area (Å²) >= 11 is 0. The highest BCUT2D eigenvalue weighted by atomic mass is 16.5. The number of methoxy groups -OCH3 is 1. The van der Waals surface area contributed by atoms with Gasteiger partial charge in [-0.15, -0.1) is 0 Å². The van der Waals surface area contributed by atoms with E-state index in [1.165, 1.54) is 17.5 Å². The SMILES string of the molecule is CCCC(C)(O)CNC1CCCc2cc(OC)ccc21. The monoisotopic (exact) mass is 277 g/mol.